The van der Waals surface area contributed by atoms with Crippen LogP contribution in [0.25, 0.3) is 0 Å². The first-order chi connectivity index (χ1) is 20.1. The molecule has 3 aromatic carbocycles. The molecule has 2 atom stereocenters. The van der Waals surface area contributed by atoms with E-state index in [1.807, 2.05) is 6.07 Å². The second-order valence-corrected chi connectivity index (χ2v) is 11.6. The van der Waals surface area contributed by atoms with Gasteiger partial charge in [0, 0.05) is 6.54 Å². The van der Waals surface area contributed by atoms with Crippen molar-refractivity contribution in [2.24, 2.45) is 5.73 Å². The third kappa shape index (κ3) is 7.41. The number of piperidine rings is 1. The van der Waals surface area contributed by atoms with E-state index in [-0.39, 0.29) is 11.7 Å². The number of aryl methyl sites for hydroxylation is 1. The lowest BCUT2D eigenvalue weighted by Gasteiger charge is -2.30. The molecule has 1 aliphatic heterocycles. The lowest BCUT2D eigenvalue weighted by Crippen LogP contribution is -2.33. The summed E-state index contributed by atoms with van der Waals surface area (Å²) in [6.45, 7) is 4.15. The van der Waals surface area contributed by atoms with Crippen LogP contribution in [0.4, 0.5) is 4.39 Å². The van der Waals surface area contributed by atoms with E-state index in [0.717, 1.165) is 62.4 Å². The Morgan fingerprint density at radius 1 is 0.927 bits per heavy atom. The average Bonchev–Trinajstić information content (AvgIpc) is 3.01. The number of hydrogen-bond acceptors (Lipinski definition) is 5. The van der Waals surface area contributed by atoms with Crippen molar-refractivity contribution in [1.82, 2.24) is 4.90 Å². The summed E-state index contributed by atoms with van der Waals surface area (Å²) in [5.41, 5.74) is 12.5. The Balaban J connectivity index is 1.32. The molecule has 5 rings (SSSR count). The first kappa shape index (κ1) is 29.4. The molecule has 3 aromatic rings. The van der Waals surface area contributed by atoms with Crippen LogP contribution in [-0.2, 0) is 19.3 Å². The summed E-state index contributed by atoms with van der Waals surface area (Å²) >= 11 is 0. The summed E-state index contributed by atoms with van der Waals surface area (Å²) in [5, 5.41) is 0. The number of fused-ring (bicyclic) bond motifs is 1. The molecule has 1 fully saturated rings. The Morgan fingerprint density at radius 3 is 2.46 bits per heavy atom. The number of nitrogens with zero attached hydrogens (tertiary/aromatic N) is 1. The number of rotatable bonds is 12. The van der Waals surface area contributed by atoms with Crippen LogP contribution in [0.2, 0.25) is 0 Å². The molecule has 0 spiro atoms. The van der Waals surface area contributed by atoms with Crippen molar-refractivity contribution in [3.8, 4) is 17.2 Å². The highest BCUT2D eigenvalue weighted by Crippen LogP contribution is 2.40. The second kappa shape index (κ2) is 14.2. The molecule has 0 bridgehead atoms. The molecule has 1 heterocycles. The maximum absolute atomic E-state index is 15.1. The molecule has 1 saturated heterocycles. The van der Waals surface area contributed by atoms with Gasteiger partial charge in [0.2, 0.25) is 0 Å². The van der Waals surface area contributed by atoms with Crippen LogP contribution in [0.3, 0.4) is 0 Å². The van der Waals surface area contributed by atoms with Crippen molar-refractivity contribution in [1.29, 1.82) is 0 Å². The SMILES string of the molecule is COc1ccc2c(c1)CCC(c1ccc(OC)cc1C(CCN)Cc1ccc(OCCN3CCCCC3)c(F)c1)C2. The van der Waals surface area contributed by atoms with Crippen molar-refractivity contribution < 1.29 is 18.6 Å². The quantitative estimate of drug-likeness (QED) is 0.269. The summed E-state index contributed by atoms with van der Waals surface area (Å²) < 4.78 is 32.1. The highest BCUT2D eigenvalue weighted by molar-refractivity contribution is 5.45. The Morgan fingerprint density at radius 2 is 1.71 bits per heavy atom. The number of likely N-dealkylation sites (tertiary alicyclic amines) is 1. The van der Waals surface area contributed by atoms with Gasteiger partial charge in [-0.15, -0.1) is 0 Å². The normalized spacial score (nSPS) is 18.0. The number of methoxy groups -OCH3 is 2. The molecule has 5 nitrogen and oxygen atoms in total. The Labute approximate surface area is 244 Å². The summed E-state index contributed by atoms with van der Waals surface area (Å²) in [6.07, 6.45) is 8.41. The molecule has 0 saturated carbocycles. The summed E-state index contributed by atoms with van der Waals surface area (Å²) in [4.78, 5) is 2.40. The molecule has 0 aromatic heterocycles. The van der Waals surface area contributed by atoms with Crippen LogP contribution in [0.15, 0.2) is 54.6 Å². The van der Waals surface area contributed by atoms with Crippen LogP contribution in [-0.4, -0.2) is 51.9 Å². The molecule has 1 aliphatic carbocycles. The zero-order valence-electron chi connectivity index (χ0n) is 24.7. The van der Waals surface area contributed by atoms with Gasteiger partial charge in [0.15, 0.2) is 11.6 Å². The van der Waals surface area contributed by atoms with Gasteiger partial charge in [0.1, 0.15) is 18.1 Å². The van der Waals surface area contributed by atoms with Crippen molar-refractivity contribution in [3.63, 3.8) is 0 Å². The maximum atomic E-state index is 15.1. The minimum absolute atomic E-state index is 0.160. The van der Waals surface area contributed by atoms with Crippen molar-refractivity contribution in [2.75, 3.05) is 47.0 Å². The van der Waals surface area contributed by atoms with Gasteiger partial charge in [0.05, 0.1) is 14.2 Å². The van der Waals surface area contributed by atoms with E-state index in [4.69, 9.17) is 19.9 Å². The Bertz CT molecular complexity index is 1290. The van der Waals surface area contributed by atoms with E-state index < -0.39 is 0 Å². The predicted molar refractivity (Wildman–Crippen MR) is 163 cm³/mol. The maximum Gasteiger partial charge on any atom is 0.165 e. The largest absolute Gasteiger partial charge is 0.497 e. The molecule has 0 amide bonds. The summed E-state index contributed by atoms with van der Waals surface area (Å²) in [5.74, 6) is 2.37. The first-order valence-electron chi connectivity index (χ1n) is 15.2. The van der Waals surface area contributed by atoms with E-state index >= 15 is 4.39 Å². The van der Waals surface area contributed by atoms with E-state index in [0.29, 0.717) is 31.2 Å². The number of hydrogen-bond donors (Lipinski definition) is 1. The average molecular weight is 561 g/mol. The Hall–Kier alpha value is -3.09. The highest BCUT2D eigenvalue weighted by atomic mass is 19.1. The number of benzene rings is 3. The number of nitrogens with two attached hydrogens (primary N) is 1. The molecule has 6 heteroatoms. The van der Waals surface area contributed by atoms with Gasteiger partial charge >= 0.3 is 0 Å². The molecular formula is C35H45FN2O3. The first-order valence-corrected chi connectivity index (χ1v) is 15.2. The minimum Gasteiger partial charge on any atom is -0.497 e. The second-order valence-electron chi connectivity index (χ2n) is 11.6. The molecule has 2 N–H and O–H groups in total. The van der Waals surface area contributed by atoms with Gasteiger partial charge < -0.3 is 19.9 Å². The molecular weight excluding hydrogens is 515 g/mol. The van der Waals surface area contributed by atoms with Crippen LogP contribution in [0.1, 0.15) is 71.8 Å². The van der Waals surface area contributed by atoms with Gasteiger partial charge in [-0.3, -0.25) is 4.90 Å². The van der Waals surface area contributed by atoms with Crippen LogP contribution < -0.4 is 19.9 Å². The van der Waals surface area contributed by atoms with Crippen LogP contribution in [0, 0.1) is 5.82 Å². The fraction of sp³-hybridized carbons (Fsp3) is 0.486. The van der Waals surface area contributed by atoms with Crippen LogP contribution in [0.5, 0.6) is 17.2 Å². The van der Waals surface area contributed by atoms with E-state index in [1.54, 1.807) is 26.4 Å². The fourth-order valence-corrected chi connectivity index (χ4v) is 6.64. The lowest BCUT2D eigenvalue weighted by atomic mass is 9.75. The third-order valence-corrected chi connectivity index (χ3v) is 8.92. The number of ether oxygens (including phenoxy) is 3. The third-order valence-electron chi connectivity index (χ3n) is 8.92. The highest BCUT2D eigenvalue weighted by Gasteiger charge is 2.26. The van der Waals surface area contributed by atoms with Crippen LogP contribution >= 0.6 is 0 Å². The predicted octanol–water partition coefficient (Wildman–Crippen LogP) is 6.66. The van der Waals surface area contributed by atoms with Crippen molar-refractivity contribution in [2.45, 2.75) is 63.2 Å². The molecule has 2 unspecified atom stereocenters. The van der Waals surface area contributed by atoms with E-state index in [1.165, 1.54) is 41.5 Å². The van der Waals surface area contributed by atoms with E-state index in [2.05, 4.69) is 41.3 Å². The molecule has 41 heavy (non-hydrogen) atoms. The smallest absolute Gasteiger partial charge is 0.165 e. The topological polar surface area (TPSA) is 57.0 Å². The summed E-state index contributed by atoms with van der Waals surface area (Å²) in [7, 11) is 3.43. The molecule has 0 radical (unpaired) electrons. The van der Waals surface area contributed by atoms with Gasteiger partial charge in [-0.25, -0.2) is 4.39 Å². The van der Waals surface area contributed by atoms with Crippen molar-refractivity contribution >= 4 is 0 Å². The zero-order chi connectivity index (χ0) is 28.6. The van der Waals surface area contributed by atoms with Gasteiger partial charge in [-0.05, 0) is 141 Å². The number of halogens is 1. The lowest BCUT2D eigenvalue weighted by molar-refractivity contribution is 0.180. The Kier molecular flexibility index (Phi) is 10.2. The van der Waals surface area contributed by atoms with Gasteiger partial charge in [0.25, 0.3) is 0 Å². The van der Waals surface area contributed by atoms with Gasteiger partial charge in [-0.1, -0.05) is 24.6 Å². The monoisotopic (exact) mass is 560 g/mol. The zero-order valence-corrected chi connectivity index (χ0v) is 24.7. The van der Waals surface area contributed by atoms with E-state index in [9.17, 15) is 0 Å². The molecule has 2 aliphatic rings. The fourth-order valence-electron chi connectivity index (χ4n) is 6.64. The van der Waals surface area contributed by atoms with Gasteiger partial charge in [-0.2, -0.15) is 0 Å². The standard InChI is InChI=1S/C35H45FN2O3/c1-39-30-10-9-26-22-28(8-7-27(26)23-30)32-12-11-31(40-2)24-33(32)29(14-15-37)20-25-6-13-35(34(36)21-25)41-19-18-38-16-4-3-5-17-38/h6,9-13,21,23-24,28-29H,3-5,7-8,14-20,22,37H2,1-2H3. The minimum atomic E-state index is -0.294. The van der Waals surface area contributed by atoms with Crippen molar-refractivity contribution in [3.05, 3.63) is 88.2 Å². The molecule has 220 valence electrons. The summed E-state index contributed by atoms with van der Waals surface area (Å²) in [6, 6.07) is 18.4.